The van der Waals surface area contributed by atoms with Crippen molar-refractivity contribution in [3.8, 4) is 0 Å². The Bertz CT molecular complexity index is 169. The van der Waals surface area contributed by atoms with Crippen LogP contribution in [-0.4, -0.2) is 29.0 Å². The van der Waals surface area contributed by atoms with Crippen molar-refractivity contribution in [1.29, 1.82) is 0 Å². The third kappa shape index (κ3) is 9.35. The van der Waals surface area contributed by atoms with Crippen LogP contribution in [-0.2, 0) is 0 Å². The largest absolute Gasteiger partial charge is 1.00 e. The fraction of sp³-hybridized carbons (Fsp3) is 0.909. The van der Waals surface area contributed by atoms with Crippen molar-refractivity contribution in [2.45, 2.75) is 34.6 Å². The van der Waals surface area contributed by atoms with Gasteiger partial charge in [0.15, 0.2) is 0 Å². The summed E-state index contributed by atoms with van der Waals surface area (Å²) in [5.41, 5.74) is 0. The maximum Gasteiger partial charge on any atom is 1.00 e. The quantitative estimate of drug-likeness (QED) is 0.638. The first-order valence-corrected chi connectivity index (χ1v) is 6.37. The molecule has 0 fully saturated rings. The zero-order valence-corrected chi connectivity index (χ0v) is 11.9. The Kier molecular flexibility index (Phi) is 11.4. The van der Waals surface area contributed by atoms with E-state index in [0.29, 0.717) is 11.8 Å². The van der Waals surface area contributed by atoms with E-state index in [4.69, 9.17) is 0 Å². The van der Waals surface area contributed by atoms with Gasteiger partial charge in [0.05, 0.1) is 0 Å². The summed E-state index contributed by atoms with van der Waals surface area (Å²) < 4.78 is 0. The van der Waals surface area contributed by atoms with Crippen LogP contribution in [0.5, 0.6) is 0 Å². The van der Waals surface area contributed by atoms with Gasteiger partial charge < -0.3 is 6.33 Å². The van der Waals surface area contributed by atoms with Gasteiger partial charge in [0.25, 0.3) is 5.24 Å². The predicted octanol–water partition coefficient (Wildman–Crippen LogP) is 0.590. The van der Waals surface area contributed by atoms with E-state index in [1.165, 1.54) is 11.8 Å². The van der Waals surface area contributed by atoms with Crippen LogP contribution >= 0.6 is 11.8 Å². The Morgan fingerprint density at radius 3 is 1.87 bits per heavy atom. The molecule has 0 spiro atoms. The maximum absolute atomic E-state index is 11.7. The van der Waals surface area contributed by atoms with Crippen molar-refractivity contribution in [1.82, 2.24) is 4.90 Å². The number of amides is 1. The molecule has 0 aromatic rings. The minimum atomic E-state index is 0. The number of rotatable bonds is 5. The van der Waals surface area contributed by atoms with Crippen LogP contribution in [0.1, 0.15) is 36.0 Å². The minimum absolute atomic E-state index is 0. The third-order valence-electron chi connectivity index (χ3n) is 1.70. The van der Waals surface area contributed by atoms with Crippen LogP contribution < -0.4 is 18.9 Å². The fourth-order valence-electron chi connectivity index (χ4n) is 1.32. The van der Waals surface area contributed by atoms with Crippen LogP contribution in [0.2, 0.25) is 0 Å². The fourth-order valence-corrected chi connectivity index (χ4v) is 1.90. The molecule has 0 saturated carbocycles. The van der Waals surface area contributed by atoms with Crippen LogP contribution in [0.4, 0.5) is 4.79 Å². The summed E-state index contributed by atoms with van der Waals surface area (Å²) in [7, 11) is 0. The van der Waals surface area contributed by atoms with E-state index in [1.54, 1.807) is 0 Å². The molecule has 0 bridgehead atoms. The zero-order valence-electron chi connectivity index (χ0n) is 12.0. The van der Waals surface area contributed by atoms with Crippen molar-refractivity contribution in [2.75, 3.05) is 18.8 Å². The van der Waals surface area contributed by atoms with Crippen molar-refractivity contribution in [3.63, 3.8) is 0 Å². The molecule has 0 aliphatic heterocycles. The van der Waals surface area contributed by atoms with E-state index < -0.39 is 0 Å². The first-order valence-electron chi connectivity index (χ1n) is 5.39. The molecule has 0 saturated heterocycles. The predicted molar refractivity (Wildman–Crippen MR) is 65.9 cm³/mol. The monoisotopic (exact) mass is 225 g/mol. The normalized spacial score (nSPS) is 10.3. The van der Waals surface area contributed by atoms with Gasteiger partial charge in [0.2, 0.25) is 0 Å². The molecule has 0 aliphatic carbocycles. The van der Waals surface area contributed by atoms with Crippen molar-refractivity contribution >= 4 is 17.0 Å². The number of nitrogens with zero attached hydrogens (tertiary/aromatic N) is 1. The molecule has 0 N–H and O–H groups in total. The van der Waals surface area contributed by atoms with Gasteiger partial charge in [0.1, 0.15) is 0 Å². The molecule has 0 rings (SSSR count). The molecular weight excluding hydrogens is 201 g/mol. The van der Waals surface area contributed by atoms with E-state index >= 15 is 0 Å². The number of carbonyl (C=O) groups excluding carboxylic acids is 1. The molecule has 0 unspecified atom stereocenters. The third-order valence-corrected chi connectivity index (χ3v) is 2.49. The summed E-state index contributed by atoms with van der Waals surface area (Å²) in [4.78, 5) is 13.7. The smallest absolute Gasteiger partial charge is 1.00 e. The molecule has 1 amide bonds. The standard InChI is InChI=1S/C11H23NOS.Li.H/c1-6-14-11(13)12(7-9(2)3)8-10(4)5;;/h9-10H,6-8H2,1-5H3;;/q;+1;-1. The molecular formula is C11H24LiNOS. The van der Waals surface area contributed by atoms with Crippen molar-refractivity contribution < 1.29 is 25.1 Å². The molecule has 0 aromatic carbocycles. The summed E-state index contributed by atoms with van der Waals surface area (Å²) >= 11 is 1.41. The number of thioether (sulfide) groups is 1. The Hall–Kier alpha value is 0.417. The Labute approximate surface area is 112 Å². The van der Waals surface area contributed by atoms with Crippen LogP contribution in [0, 0.1) is 11.8 Å². The molecule has 4 heteroatoms. The summed E-state index contributed by atoms with van der Waals surface area (Å²) in [6.07, 6.45) is 0. The molecule has 0 aliphatic rings. The van der Waals surface area contributed by atoms with Crippen LogP contribution in [0.3, 0.4) is 0 Å². The zero-order chi connectivity index (χ0) is 11.1. The second-order valence-corrected chi connectivity index (χ2v) is 5.61. The molecule has 86 valence electrons. The Balaban J connectivity index is -0.000000845. The summed E-state index contributed by atoms with van der Waals surface area (Å²) in [5.74, 6) is 1.97. The molecule has 15 heavy (non-hydrogen) atoms. The van der Waals surface area contributed by atoms with Gasteiger partial charge in [0, 0.05) is 13.1 Å². The van der Waals surface area contributed by atoms with Gasteiger partial charge in [-0.1, -0.05) is 46.4 Å². The summed E-state index contributed by atoms with van der Waals surface area (Å²) in [6.45, 7) is 12.4. The second-order valence-electron chi connectivity index (χ2n) is 4.39. The number of hydrogen-bond donors (Lipinski definition) is 0. The summed E-state index contributed by atoms with van der Waals surface area (Å²) in [5, 5.41) is 0.231. The van der Waals surface area contributed by atoms with Crippen molar-refractivity contribution in [3.05, 3.63) is 0 Å². The van der Waals surface area contributed by atoms with E-state index in [-0.39, 0.29) is 25.5 Å². The molecule has 2 nitrogen and oxygen atoms in total. The van der Waals surface area contributed by atoms with Crippen LogP contribution in [0.15, 0.2) is 0 Å². The van der Waals surface area contributed by atoms with Gasteiger partial charge in [-0.05, 0) is 17.6 Å². The number of carbonyl (C=O) groups is 1. The summed E-state index contributed by atoms with van der Waals surface area (Å²) in [6, 6.07) is 0. The molecule has 0 radical (unpaired) electrons. The van der Waals surface area contributed by atoms with E-state index in [9.17, 15) is 4.79 Å². The SMILES string of the molecule is CCSC(=O)N(CC(C)C)CC(C)C.[H-].[Li+]. The molecule has 0 atom stereocenters. The van der Waals surface area contributed by atoms with Gasteiger partial charge in [-0.15, -0.1) is 0 Å². The first kappa shape index (κ1) is 17.8. The number of hydrogen-bond acceptors (Lipinski definition) is 2. The Morgan fingerprint density at radius 1 is 1.20 bits per heavy atom. The maximum atomic E-state index is 11.7. The van der Waals surface area contributed by atoms with Gasteiger partial charge in [-0.3, -0.25) is 4.79 Å². The molecule has 0 heterocycles. The molecule has 0 aromatic heterocycles. The average Bonchev–Trinajstić information content (AvgIpc) is 2.01. The second kappa shape index (κ2) is 9.63. The van der Waals surface area contributed by atoms with Gasteiger partial charge >= 0.3 is 18.9 Å². The van der Waals surface area contributed by atoms with Gasteiger partial charge in [-0.25, -0.2) is 0 Å². The average molecular weight is 225 g/mol. The van der Waals surface area contributed by atoms with Crippen LogP contribution in [0.25, 0.3) is 0 Å². The topological polar surface area (TPSA) is 20.3 Å². The Morgan fingerprint density at radius 2 is 1.60 bits per heavy atom. The minimum Gasteiger partial charge on any atom is -1.00 e. The van der Waals surface area contributed by atoms with E-state index in [0.717, 1.165) is 18.8 Å². The van der Waals surface area contributed by atoms with Crippen molar-refractivity contribution in [2.24, 2.45) is 11.8 Å². The first-order chi connectivity index (χ1) is 6.47. The van der Waals surface area contributed by atoms with Gasteiger partial charge in [-0.2, -0.15) is 0 Å². The van der Waals surface area contributed by atoms with E-state index in [2.05, 4.69) is 27.7 Å². The van der Waals surface area contributed by atoms with E-state index in [1.807, 2.05) is 11.8 Å².